The van der Waals surface area contributed by atoms with Crippen molar-refractivity contribution in [2.75, 3.05) is 28.7 Å². The highest BCUT2D eigenvalue weighted by atomic mass is 15.3. The van der Waals surface area contributed by atoms with Gasteiger partial charge in [-0.1, -0.05) is 0 Å². The van der Waals surface area contributed by atoms with Crippen LogP contribution in [0.1, 0.15) is 19.3 Å². The molecule has 0 unspecified atom stereocenters. The highest BCUT2D eigenvalue weighted by Crippen LogP contribution is 2.23. The molecule has 1 aliphatic heterocycles. The first kappa shape index (κ1) is 13.6. The zero-order chi connectivity index (χ0) is 14.5. The van der Waals surface area contributed by atoms with Crippen LogP contribution in [0.15, 0.2) is 36.7 Å². The largest absolute Gasteiger partial charge is 0.372 e. The molecule has 0 saturated carbocycles. The van der Waals surface area contributed by atoms with Gasteiger partial charge in [-0.15, -0.1) is 0 Å². The minimum absolute atomic E-state index is 0.532. The van der Waals surface area contributed by atoms with E-state index in [2.05, 4.69) is 49.9 Å². The van der Waals surface area contributed by atoms with Crippen molar-refractivity contribution in [3.05, 3.63) is 36.7 Å². The molecule has 3 rings (SSSR count). The number of nitrogens with one attached hydrogen (secondary N) is 2. The number of nitrogens with zero attached hydrogens (tertiary/aromatic N) is 3. The molecule has 0 radical (unpaired) electrons. The molecule has 1 aromatic carbocycles. The van der Waals surface area contributed by atoms with Crippen molar-refractivity contribution in [1.82, 2.24) is 9.97 Å². The molecule has 110 valence electrons. The third kappa shape index (κ3) is 3.41. The van der Waals surface area contributed by atoms with Gasteiger partial charge < -0.3 is 15.6 Å². The third-order valence-electron chi connectivity index (χ3n) is 3.64. The minimum Gasteiger partial charge on any atom is -0.372 e. The first-order valence-corrected chi connectivity index (χ1v) is 7.26. The lowest BCUT2D eigenvalue weighted by Gasteiger charge is -2.28. The molecule has 1 aromatic heterocycles. The Labute approximate surface area is 124 Å². The fourth-order valence-electron chi connectivity index (χ4n) is 2.55. The van der Waals surface area contributed by atoms with Crippen molar-refractivity contribution in [3.63, 3.8) is 0 Å². The van der Waals surface area contributed by atoms with Crippen molar-refractivity contribution in [1.29, 1.82) is 0 Å². The van der Waals surface area contributed by atoms with Crippen LogP contribution in [0.2, 0.25) is 0 Å². The number of hydrogen-bond donors (Lipinski definition) is 3. The summed E-state index contributed by atoms with van der Waals surface area (Å²) in [5.74, 6) is 6.52. The summed E-state index contributed by atoms with van der Waals surface area (Å²) in [4.78, 5) is 10.8. The number of nitrogen functional groups attached to an aromatic ring is 1. The standard InChI is InChI=1S/C15H20N6/c16-20-15-11-17-10-14(19-15)18-12-4-6-13(7-5-12)21-8-2-1-3-9-21/h4-7,10-11H,1-3,8-9,16H2,(H2,18,19,20). The Hall–Kier alpha value is -2.34. The van der Waals surface area contributed by atoms with Gasteiger partial charge in [-0.2, -0.15) is 0 Å². The predicted molar refractivity (Wildman–Crippen MR) is 85.6 cm³/mol. The summed E-state index contributed by atoms with van der Waals surface area (Å²) >= 11 is 0. The maximum absolute atomic E-state index is 5.33. The summed E-state index contributed by atoms with van der Waals surface area (Å²) in [7, 11) is 0. The van der Waals surface area contributed by atoms with Gasteiger partial charge in [0.15, 0.2) is 11.6 Å². The van der Waals surface area contributed by atoms with Crippen LogP contribution in [-0.4, -0.2) is 23.1 Å². The van der Waals surface area contributed by atoms with Crippen molar-refractivity contribution in [2.24, 2.45) is 5.84 Å². The Kier molecular flexibility index (Phi) is 4.16. The van der Waals surface area contributed by atoms with Gasteiger partial charge in [-0.3, -0.25) is 4.98 Å². The van der Waals surface area contributed by atoms with Gasteiger partial charge in [0.2, 0.25) is 0 Å². The fraction of sp³-hybridized carbons (Fsp3) is 0.333. The molecule has 0 spiro atoms. The van der Waals surface area contributed by atoms with Crippen LogP contribution in [0.3, 0.4) is 0 Å². The molecule has 0 aliphatic carbocycles. The first-order valence-electron chi connectivity index (χ1n) is 7.26. The van der Waals surface area contributed by atoms with Gasteiger partial charge in [0.25, 0.3) is 0 Å². The van der Waals surface area contributed by atoms with Crippen LogP contribution in [-0.2, 0) is 0 Å². The fourth-order valence-corrected chi connectivity index (χ4v) is 2.55. The van der Waals surface area contributed by atoms with Gasteiger partial charge >= 0.3 is 0 Å². The van der Waals surface area contributed by atoms with Crippen molar-refractivity contribution in [2.45, 2.75) is 19.3 Å². The molecule has 1 saturated heterocycles. The second kappa shape index (κ2) is 6.41. The molecule has 1 fully saturated rings. The highest BCUT2D eigenvalue weighted by Gasteiger charge is 2.10. The number of piperidine rings is 1. The van der Waals surface area contributed by atoms with E-state index in [9.17, 15) is 0 Å². The van der Waals surface area contributed by atoms with E-state index in [0.29, 0.717) is 11.6 Å². The number of nitrogens with two attached hydrogens (primary N) is 1. The van der Waals surface area contributed by atoms with Crippen LogP contribution in [0.4, 0.5) is 23.0 Å². The number of aromatic nitrogens is 2. The van der Waals surface area contributed by atoms with E-state index in [-0.39, 0.29) is 0 Å². The van der Waals surface area contributed by atoms with E-state index >= 15 is 0 Å². The van der Waals surface area contributed by atoms with Crippen LogP contribution < -0.4 is 21.5 Å². The average Bonchev–Trinajstić information content (AvgIpc) is 2.56. The monoisotopic (exact) mass is 284 g/mol. The summed E-state index contributed by atoms with van der Waals surface area (Å²) in [6.07, 6.45) is 7.16. The Morgan fingerprint density at radius 1 is 0.952 bits per heavy atom. The van der Waals surface area contributed by atoms with Gasteiger partial charge in [-0.25, -0.2) is 10.8 Å². The smallest absolute Gasteiger partial charge is 0.160 e. The highest BCUT2D eigenvalue weighted by molar-refractivity contribution is 5.61. The van der Waals surface area contributed by atoms with E-state index in [0.717, 1.165) is 18.8 Å². The maximum atomic E-state index is 5.33. The maximum Gasteiger partial charge on any atom is 0.160 e. The molecule has 0 amide bonds. The summed E-state index contributed by atoms with van der Waals surface area (Å²) in [6.45, 7) is 2.31. The lowest BCUT2D eigenvalue weighted by atomic mass is 10.1. The first-order chi connectivity index (χ1) is 10.3. The van der Waals surface area contributed by atoms with E-state index in [4.69, 9.17) is 5.84 Å². The number of anilines is 4. The summed E-state index contributed by atoms with van der Waals surface area (Å²) in [5, 5.41) is 3.22. The van der Waals surface area contributed by atoms with E-state index in [1.54, 1.807) is 12.4 Å². The van der Waals surface area contributed by atoms with E-state index < -0.39 is 0 Å². The molecule has 1 aliphatic rings. The molecule has 4 N–H and O–H groups in total. The molecule has 6 heteroatoms. The quantitative estimate of drug-likeness (QED) is 0.591. The Balaban J connectivity index is 1.68. The second-order valence-corrected chi connectivity index (χ2v) is 5.15. The van der Waals surface area contributed by atoms with Gasteiger partial charge in [-0.05, 0) is 43.5 Å². The molecule has 2 aromatic rings. The molecule has 2 heterocycles. The Bertz CT molecular complexity index is 577. The second-order valence-electron chi connectivity index (χ2n) is 5.15. The molecule has 21 heavy (non-hydrogen) atoms. The van der Waals surface area contributed by atoms with Crippen molar-refractivity contribution < 1.29 is 0 Å². The van der Waals surface area contributed by atoms with Crippen LogP contribution in [0.25, 0.3) is 0 Å². The lowest BCUT2D eigenvalue weighted by Crippen LogP contribution is -2.29. The summed E-state index contributed by atoms with van der Waals surface area (Å²) in [5.41, 5.74) is 4.75. The van der Waals surface area contributed by atoms with Crippen LogP contribution >= 0.6 is 0 Å². The van der Waals surface area contributed by atoms with Gasteiger partial charge in [0.1, 0.15) is 0 Å². The van der Waals surface area contributed by atoms with Gasteiger partial charge in [0, 0.05) is 24.5 Å². The van der Waals surface area contributed by atoms with Crippen LogP contribution in [0, 0.1) is 0 Å². The average molecular weight is 284 g/mol. The summed E-state index contributed by atoms with van der Waals surface area (Å²) in [6, 6.07) is 8.42. The normalized spacial score (nSPS) is 14.8. The number of hydrogen-bond acceptors (Lipinski definition) is 6. The van der Waals surface area contributed by atoms with E-state index in [1.165, 1.54) is 24.9 Å². The minimum atomic E-state index is 0.532. The molecule has 0 atom stereocenters. The molecule has 6 nitrogen and oxygen atoms in total. The Morgan fingerprint density at radius 2 is 1.67 bits per heavy atom. The van der Waals surface area contributed by atoms with Gasteiger partial charge in [0.05, 0.1) is 12.4 Å². The van der Waals surface area contributed by atoms with Crippen LogP contribution in [0.5, 0.6) is 0 Å². The molecular formula is C15H20N6. The molecule has 0 bridgehead atoms. The zero-order valence-electron chi connectivity index (χ0n) is 11.9. The number of hydrazine groups is 1. The van der Waals surface area contributed by atoms with Crippen molar-refractivity contribution in [3.8, 4) is 0 Å². The zero-order valence-corrected chi connectivity index (χ0v) is 11.9. The Morgan fingerprint density at radius 3 is 2.38 bits per heavy atom. The van der Waals surface area contributed by atoms with Crippen molar-refractivity contribution >= 4 is 23.0 Å². The SMILES string of the molecule is NNc1cncc(Nc2ccc(N3CCCCC3)cc2)n1. The topological polar surface area (TPSA) is 79.1 Å². The molecular weight excluding hydrogens is 264 g/mol. The predicted octanol–water partition coefficient (Wildman–Crippen LogP) is 2.50. The lowest BCUT2D eigenvalue weighted by molar-refractivity contribution is 0.578. The number of rotatable bonds is 4. The van der Waals surface area contributed by atoms with E-state index in [1.807, 2.05) is 0 Å². The third-order valence-corrected chi connectivity index (χ3v) is 3.64. The number of benzene rings is 1. The summed E-state index contributed by atoms with van der Waals surface area (Å²) < 4.78 is 0.